The van der Waals surface area contributed by atoms with Crippen molar-refractivity contribution < 1.29 is 14.3 Å². The Morgan fingerprint density at radius 2 is 2.00 bits per heavy atom. The first-order valence-corrected chi connectivity index (χ1v) is 6.35. The van der Waals surface area contributed by atoms with Crippen LogP contribution in [0.15, 0.2) is 24.3 Å². The van der Waals surface area contributed by atoms with E-state index in [4.69, 9.17) is 15.2 Å². The number of likely N-dealkylation sites (N-methyl/N-ethyl adjacent to an activating group) is 1. The van der Waals surface area contributed by atoms with Crippen molar-refractivity contribution in [2.75, 3.05) is 27.4 Å². The molecule has 1 amide bonds. The molecule has 5 heteroatoms. The molecular formula is C14H22N2O3. The molecule has 0 aliphatic carbocycles. The normalized spacial score (nSPS) is 11.9. The predicted octanol–water partition coefficient (Wildman–Crippen LogP) is 0.718. The van der Waals surface area contributed by atoms with Crippen molar-refractivity contribution in [1.29, 1.82) is 0 Å². The van der Waals surface area contributed by atoms with Gasteiger partial charge in [-0.3, -0.25) is 4.79 Å². The number of amides is 1. The molecule has 0 bridgehead atoms. The summed E-state index contributed by atoms with van der Waals surface area (Å²) in [6, 6.07) is 7.11. The molecule has 1 aromatic rings. The Kier molecular flexibility index (Phi) is 6.92. The highest BCUT2D eigenvalue weighted by Crippen LogP contribution is 2.13. The van der Waals surface area contributed by atoms with Gasteiger partial charge in [0.1, 0.15) is 5.75 Å². The second kappa shape index (κ2) is 8.50. The van der Waals surface area contributed by atoms with Crippen LogP contribution >= 0.6 is 0 Å². The fourth-order valence-electron chi connectivity index (χ4n) is 1.65. The molecule has 0 heterocycles. The summed E-state index contributed by atoms with van der Waals surface area (Å²) < 4.78 is 10.5. The van der Waals surface area contributed by atoms with Crippen molar-refractivity contribution in [3.8, 4) is 5.75 Å². The molecule has 0 radical (unpaired) electrons. The van der Waals surface area contributed by atoms with Gasteiger partial charge >= 0.3 is 0 Å². The highest BCUT2D eigenvalue weighted by atomic mass is 16.5. The Hall–Kier alpha value is -1.59. The van der Waals surface area contributed by atoms with Crippen LogP contribution in [0.25, 0.3) is 0 Å². The van der Waals surface area contributed by atoms with E-state index in [-0.39, 0.29) is 5.91 Å². The Morgan fingerprint density at radius 1 is 1.32 bits per heavy atom. The highest BCUT2D eigenvalue weighted by molar-refractivity contribution is 5.81. The fraction of sp³-hybridized carbons (Fsp3) is 0.500. The van der Waals surface area contributed by atoms with Gasteiger partial charge in [0.05, 0.1) is 12.6 Å². The van der Waals surface area contributed by atoms with E-state index in [2.05, 4.69) is 5.32 Å². The second-order valence-corrected chi connectivity index (χ2v) is 4.26. The molecule has 5 nitrogen and oxygen atoms in total. The molecule has 1 aromatic carbocycles. The SMILES string of the molecule is CNC(=O)[C@@H](N)Cc1ccc(OCCCOC)cc1. The van der Waals surface area contributed by atoms with Gasteiger partial charge in [-0.2, -0.15) is 0 Å². The molecule has 0 aliphatic heterocycles. The van der Waals surface area contributed by atoms with E-state index < -0.39 is 6.04 Å². The van der Waals surface area contributed by atoms with Crippen molar-refractivity contribution >= 4 is 5.91 Å². The predicted molar refractivity (Wildman–Crippen MR) is 74.2 cm³/mol. The molecule has 0 spiro atoms. The Bertz CT molecular complexity index is 379. The van der Waals surface area contributed by atoms with Crippen LogP contribution in [-0.4, -0.2) is 39.3 Å². The first-order chi connectivity index (χ1) is 9.17. The largest absolute Gasteiger partial charge is 0.494 e. The lowest BCUT2D eigenvalue weighted by molar-refractivity contribution is -0.121. The first-order valence-electron chi connectivity index (χ1n) is 6.35. The maximum atomic E-state index is 11.3. The van der Waals surface area contributed by atoms with Crippen molar-refractivity contribution in [2.45, 2.75) is 18.9 Å². The number of hydrogen-bond donors (Lipinski definition) is 2. The monoisotopic (exact) mass is 266 g/mol. The van der Waals surface area contributed by atoms with Crippen LogP contribution in [-0.2, 0) is 16.0 Å². The van der Waals surface area contributed by atoms with E-state index in [0.29, 0.717) is 19.6 Å². The summed E-state index contributed by atoms with van der Waals surface area (Å²) >= 11 is 0. The average molecular weight is 266 g/mol. The van der Waals surface area contributed by atoms with Crippen LogP contribution in [0.2, 0.25) is 0 Å². The first kappa shape index (κ1) is 15.5. The van der Waals surface area contributed by atoms with E-state index in [1.54, 1.807) is 14.2 Å². The Labute approximate surface area is 114 Å². The number of ether oxygens (including phenoxy) is 2. The van der Waals surface area contributed by atoms with Gasteiger partial charge in [0.25, 0.3) is 0 Å². The molecule has 0 saturated carbocycles. The Balaban J connectivity index is 2.41. The fourth-order valence-corrected chi connectivity index (χ4v) is 1.65. The van der Waals surface area contributed by atoms with Gasteiger partial charge in [-0.15, -0.1) is 0 Å². The zero-order chi connectivity index (χ0) is 14.1. The van der Waals surface area contributed by atoms with Gasteiger partial charge in [0, 0.05) is 27.2 Å². The van der Waals surface area contributed by atoms with Crippen molar-refractivity contribution in [3.05, 3.63) is 29.8 Å². The van der Waals surface area contributed by atoms with Gasteiger partial charge in [0.15, 0.2) is 0 Å². The van der Waals surface area contributed by atoms with Gasteiger partial charge < -0.3 is 20.5 Å². The summed E-state index contributed by atoms with van der Waals surface area (Å²) in [5.74, 6) is 0.660. The van der Waals surface area contributed by atoms with Crippen LogP contribution in [0.4, 0.5) is 0 Å². The molecule has 0 aromatic heterocycles. The van der Waals surface area contributed by atoms with Crippen LogP contribution in [0.5, 0.6) is 5.75 Å². The topological polar surface area (TPSA) is 73.6 Å². The van der Waals surface area contributed by atoms with Gasteiger partial charge in [-0.1, -0.05) is 12.1 Å². The lowest BCUT2D eigenvalue weighted by Crippen LogP contribution is -2.40. The summed E-state index contributed by atoms with van der Waals surface area (Å²) in [5.41, 5.74) is 6.77. The third kappa shape index (κ3) is 5.72. The molecule has 1 rings (SSSR count). The van der Waals surface area contributed by atoms with Crippen LogP contribution < -0.4 is 15.8 Å². The third-order valence-corrected chi connectivity index (χ3v) is 2.72. The standard InChI is InChI=1S/C14H22N2O3/c1-16-14(17)13(15)10-11-4-6-12(7-5-11)19-9-3-8-18-2/h4-7,13H,3,8-10,15H2,1-2H3,(H,16,17)/t13-/m0/s1. The third-order valence-electron chi connectivity index (χ3n) is 2.72. The van der Waals surface area contributed by atoms with Crippen molar-refractivity contribution in [3.63, 3.8) is 0 Å². The summed E-state index contributed by atoms with van der Waals surface area (Å²) in [5, 5.41) is 2.54. The number of methoxy groups -OCH3 is 1. The summed E-state index contributed by atoms with van der Waals surface area (Å²) in [4.78, 5) is 11.3. The minimum Gasteiger partial charge on any atom is -0.494 e. The minimum atomic E-state index is -0.515. The number of benzene rings is 1. The number of nitrogens with one attached hydrogen (secondary N) is 1. The second-order valence-electron chi connectivity index (χ2n) is 4.26. The number of carbonyl (C=O) groups excluding carboxylic acids is 1. The summed E-state index contributed by atoms with van der Waals surface area (Å²) in [6.45, 7) is 1.32. The minimum absolute atomic E-state index is 0.153. The summed E-state index contributed by atoms with van der Waals surface area (Å²) in [6.07, 6.45) is 1.38. The molecule has 1 atom stereocenters. The molecule has 0 aliphatic rings. The molecule has 0 saturated heterocycles. The van der Waals surface area contributed by atoms with E-state index in [9.17, 15) is 4.79 Å². The van der Waals surface area contributed by atoms with Gasteiger partial charge in [0.2, 0.25) is 5.91 Å². The molecule has 19 heavy (non-hydrogen) atoms. The molecule has 3 N–H and O–H groups in total. The van der Waals surface area contributed by atoms with Crippen molar-refractivity contribution in [1.82, 2.24) is 5.32 Å². The van der Waals surface area contributed by atoms with E-state index in [1.807, 2.05) is 24.3 Å². The maximum absolute atomic E-state index is 11.3. The van der Waals surface area contributed by atoms with Gasteiger partial charge in [-0.25, -0.2) is 0 Å². The average Bonchev–Trinajstić information content (AvgIpc) is 2.44. The van der Waals surface area contributed by atoms with E-state index in [1.165, 1.54) is 0 Å². The molecule has 106 valence electrons. The zero-order valence-electron chi connectivity index (χ0n) is 11.5. The number of rotatable bonds is 8. The molecule has 0 unspecified atom stereocenters. The van der Waals surface area contributed by atoms with Crippen LogP contribution in [0.1, 0.15) is 12.0 Å². The van der Waals surface area contributed by atoms with Gasteiger partial charge in [-0.05, 0) is 24.1 Å². The lowest BCUT2D eigenvalue weighted by Gasteiger charge is -2.11. The molecule has 0 fully saturated rings. The van der Waals surface area contributed by atoms with E-state index >= 15 is 0 Å². The van der Waals surface area contributed by atoms with Crippen molar-refractivity contribution in [2.24, 2.45) is 5.73 Å². The summed E-state index contributed by atoms with van der Waals surface area (Å²) in [7, 11) is 3.25. The Morgan fingerprint density at radius 3 is 2.58 bits per heavy atom. The lowest BCUT2D eigenvalue weighted by atomic mass is 10.1. The smallest absolute Gasteiger partial charge is 0.237 e. The number of carbonyl (C=O) groups is 1. The van der Waals surface area contributed by atoms with E-state index in [0.717, 1.165) is 17.7 Å². The van der Waals surface area contributed by atoms with Crippen LogP contribution in [0, 0.1) is 0 Å². The number of nitrogens with two attached hydrogens (primary N) is 1. The number of hydrogen-bond acceptors (Lipinski definition) is 4. The quantitative estimate of drug-likeness (QED) is 0.680. The highest BCUT2D eigenvalue weighted by Gasteiger charge is 2.11. The zero-order valence-corrected chi connectivity index (χ0v) is 11.5. The molecular weight excluding hydrogens is 244 g/mol. The maximum Gasteiger partial charge on any atom is 0.237 e. The van der Waals surface area contributed by atoms with Crippen LogP contribution in [0.3, 0.4) is 0 Å².